The van der Waals surface area contributed by atoms with E-state index in [4.69, 9.17) is 21.8 Å². The summed E-state index contributed by atoms with van der Waals surface area (Å²) in [6.07, 6.45) is 4.56. The summed E-state index contributed by atoms with van der Waals surface area (Å²) >= 11 is 5.89. The molecule has 34 heavy (non-hydrogen) atoms. The number of Topliss-reactive ketones (excluding diaryl/α,β-unsaturated/α-hetero) is 1. The van der Waals surface area contributed by atoms with E-state index in [-0.39, 0.29) is 5.78 Å². The Balaban J connectivity index is 0.000000440. The number of carboxylic acid groups (broad SMARTS) is 2. The standard InChI is InChI=1S/C22H27ClN2O.C4H4O4/c1-24(2)21-9-3-17(4-10-21)15-18-11-13-25(14-12-18)16-22(26)19-5-7-20(23)8-6-19;5-3(6)1-2-4(7)8/h3-10,18H,11-16H2,1-2H3;1-2H,(H,5,6)(H,7,8). The Morgan fingerprint density at radius 3 is 1.94 bits per heavy atom. The van der Waals surface area contributed by atoms with Crippen molar-refractivity contribution in [3.63, 3.8) is 0 Å². The zero-order valence-corrected chi connectivity index (χ0v) is 20.2. The van der Waals surface area contributed by atoms with Crippen LogP contribution in [-0.2, 0) is 16.0 Å². The number of nitrogens with zero attached hydrogens (tertiary/aromatic N) is 2. The number of piperidine rings is 1. The third kappa shape index (κ3) is 9.77. The second kappa shape index (κ2) is 13.5. The summed E-state index contributed by atoms with van der Waals surface area (Å²) in [5.41, 5.74) is 3.40. The number of benzene rings is 2. The van der Waals surface area contributed by atoms with Gasteiger partial charge in [0, 0.05) is 42.5 Å². The second-order valence-electron chi connectivity index (χ2n) is 8.42. The third-order valence-electron chi connectivity index (χ3n) is 5.59. The fraction of sp³-hybridized carbons (Fsp3) is 0.346. The summed E-state index contributed by atoms with van der Waals surface area (Å²) in [6, 6.07) is 16.1. The van der Waals surface area contributed by atoms with Crippen LogP contribution in [0.5, 0.6) is 0 Å². The molecule has 1 aliphatic rings. The predicted octanol–water partition coefficient (Wildman–Crippen LogP) is 4.26. The maximum Gasteiger partial charge on any atom is 0.328 e. The molecule has 0 amide bonds. The summed E-state index contributed by atoms with van der Waals surface area (Å²) < 4.78 is 0. The molecule has 8 heteroatoms. The average molecular weight is 487 g/mol. The van der Waals surface area contributed by atoms with Gasteiger partial charge >= 0.3 is 11.9 Å². The molecule has 2 aromatic carbocycles. The Morgan fingerprint density at radius 2 is 1.47 bits per heavy atom. The largest absolute Gasteiger partial charge is 0.478 e. The maximum absolute atomic E-state index is 12.4. The van der Waals surface area contributed by atoms with Gasteiger partial charge in [-0.3, -0.25) is 9.69 Å². The van der Waals surface area contributed by atoms with Gasteiger partial charge in [0.1, 0.15) is 0 Å². The van der Waals surface area contributed by atoms with Crippen molar-refractivity contribution in [3.05, 3.63) is 76.8 Å². The Morgan fingerprint density at radius 1 is 0.941 bits per heavy atom. The minimum Gasteiger partial charge on any atom is -0.478 e. The summed E-state index contributed by atoms with van der Waals surface area (Å²) in [7, 11) is 4.13. The van der Waals surface area contributed by atoms with Crippen LogP contribution in [0.25, 0.3) is 0 Å². The minimum atomic E-state index is -1.26. The van der Waals surface area contributed by atoms with Crippen molar-refractivity contribution in [1.82, 2.24) is 4.90 Å². The van der Waals surface area contributed by atoms with Gasteiger partial charge in [0.05, 0.1) is 6.54 Å². The van der Waals surface area contributed by atoms with E-state index >= 15 is 0 Å². The molecular formula is C26H31ClN2O5. The number of hydrogen-bond acceptors (Lipinski definition) is 5. The monoisotopic (exact) mass is 486 g/mol. The number of rotatable bonds is 8. The minimum absolute atomic E-state index is 0.180. The Bertz CT molecular complexity index is 963. The first kappa shape index (κ1) is 27.1. The quantitative estimate of drug-likeness (QED) is 0.425. The number of carbonyl (C=O) groups is 3. The molecule has 0 saturated carbocycles. The van der Waals surface area contributed by atoms with Crippen molar-refractivity contribution in [2.24, 2.45) is 5.92 Å². The summed E-state index contributed by atoms with van der Waals surface area (Å²) in [6.45, 7) is 2.51. The summed E-state index contributed by atoms with van der Waals surface area (Å²) in [4.78, 5) is 35.9. The highest BCUT2D eigenvalue weighted by Gasteiger charge is 2.21. The zero-order valence-electron chi connectivity index (χ0n) is 19.5. The Labute approximate surface area is 205 Å². The number of likely N-dealkylation sites (tertiary alicyclic amines) is 1. The number of hydrogen-bond donors (Lipinski definition) is 2. The molecule has 1 heterocycles. The number of carboxylic acids is 2. The molecule has 2 N–H and O–H groups in total. The lowest BCUT2D eigenvalue weighted by Crippen LogP contribution is -2.37. The molecule has 1 aliphatic heterocycles. The van der Waals surface area contributed by atoms with Crippen molar-refractivity contribution in [1.29, 1.82) is 0 Å². The SMILES string of the molecule is CN(C)c1ccc(CC2CCN(CC(=O)c3ccc(Cl)cc3)CC2)cc1.O=C(O)C=CC(=O)O. The van der Waals surface area contributed by atoms with Gasteiger partial charge in [-0.25, -0.2) is 9.59 Å². The van der Waals surface area contributed by atoms with Crippen molar-refractivity contribution >= 4 is 35.0 Å². The molecule has 0 unspecified atom stereocenters. The molecule has 0 bridgehead atoms. The number of ketones is 1. The van der Waals surface area contributed by atoms with E-state index in [9.17, 15) is 14.4 Å². The summed E-state index contributed by atoms with van der Waals surface area (Å²) in [5.74, 6) is -1.62. The van der Waals surface area contributed by atoms with E-state index in [1.807, 2.05) is 12.1 Å². The lowest BCUT2D eigenvalue weighted by molar-refractivity contribution is -0.134. The zero-order chi connectivity index (χ0) is 25.1. The molecular weight excluding hydrogens is 456 g/mol. The molecule has 3 rings (SSSR count). The van der Waals surface area contributed by atoms with Crippen molar-refractivity contribution in [2.75, 3.05) is 38.6 Å². The lowest BCUT2D eigenvalue weighted by Gasteiger charge is -2.31. The molecule has 0 aliphatic carbocycles. The van der Waals surface area contributed by atoms with Crippen LogP contribution in [0, 0.1) is 5.92 Å². The highest BCUT2D eigenvalue weighted by Crippen LogP contribution is 2.23. The second-order valence-corrected chi connectivity index (χ2v) is 8.86. The first-order chi connectivity index (χ1) is 16.1. The van der Waals surface area contributed by atoms with E-state index < -0.39 is 11.9 Å². The number of aliphatic carboxylic acids is 2. The number of halogens is 1. The molecule has 0 radical (unpaired) electrons. The molecule has 0 aromatic heterocycles. The number of anilines is 1. The fourth-order valence-electron chi connectivity index (χ4n) is 3.68. The van der Waals surface area contributed by atoms with Gasteiger partial charge in [-0.1, -0.05) is 23.7 Å². The molecule has 182 valence electrons. The van der Waals surface area contributed by atoms with Gasteiger partial charge in [-0.2, -0.15) is 0 Å². The molecule has 2 aromatic rings. The van der Waals surface area contributed by atoms with Crippen LogP contribution in [-0.4, -0.2) is 66.6 Å². The fourth-order valence-corrected chi connectivity index (χ4v) is 3.81. The molecule has 7 nitrogen and oxygen atoms in total. The van der Waals surface area contributed by atoms with Crippen LogP contribution in [0.3, 0.4) is 0 Å². The van der Waals surface area contributed by atoms with Crippen LogP contribution in [0.2, 0.25) is 5.02 Å². The van der Waals surface area contributed by atoms with Gasteiger partial charge in [-0.15, -0.1) is 0 Å². The lowest BCUT2D eigenvalue weighted by atomic mass is 9.90. The van der Waals surface area contributed by atoms with Crippen LogP contribution in [0.1, 0.15) is 28.8 Å². The smallest absolute Gasteiger partial charge is 0.328 e. The van der Waals surface area contributed by atoms with Gasteiger partial charge in [0.15, 0.2) is 5.78 Å². The number of carbonyl (C=O) groups excluding carboxylic acids is 1. The highest BCUT2D eigenvalue weighted by atomic mass is 35.5. The van der Waals surface area contributed by atoms with Crippen molar-refractivity contribution in [3.8, 4) is 0 Å². The van der Waals surface area contributed by atoms with Gasteiger partial charge < -0.3 is 15.1 Å². The van der Waals surface area contributed by atoms with Crippen LogP contribution in [0.4, 0.5) is 5.69 Å². The third-order valence-corrected chi connectivity index (χ3v) is 5.84. The first-order valence-corrected chi connectivity index (χ1v) is 11.4. The van der Waals surface area contributed by atoms with E-state index in [1.54, 1.807) is 12.1 Å². The van der Waals surface area contributed by atoms with E-state index in [0.29, 0.717) is 29.6 Å². The van der Waals surface area contributed by atoms with Crippen molar-refractivity contribution in [2.45, 2.75) is 19.3 Å². The summed E-state index contributed by atoms with van der Waals surface area (Å²) in [5, 5.41) is 16.3. The van der Waals surface area contributed by atoms with E-state index in [0.717, 1.165) is 37.9 Å². The van der Waals surface area contributed by atoms with Crippen molar-refractivity contribution < 1.29 is 24.6 Å². The molecule has 1 fully saturated rings. The van der Waals surface area contributed by atoms with Gasteiger partial charge in [0.2, 0.25) is 0 Å². The van der Waals surface area contributed by atoms with Crippen LogP contribution in [0.15, 0.2) is 60.7 Å². The topological polar surface area (TPSA) is 98.2 Å². The Kier molecular flexibility index (Phi) is 10.8. The normalized spacial score (nSPS) is 14.3. The Hall–Kier alpha value is -3.16. The van der Waals surface area contributed by atoms with Crippen LogP contribution >= 0.6 is 11.6 Å². The molecule has 0 atom stereocenters. The average Bonchev–Trinajstić information content (AvgIpc) is 2.80. The van der Waals surface area contributed by atoms with E-state index in [2.05, 4.69) is 48.2 Å². The molecule has 1 saturated heterocycles. The maximum atomic E-state index is 12.4. The predicted molar refractivity (Wildman–Crippen MR) is 134 cm³/mol. The molecule has 0 spiro atoms. The van der Waals surface area contributed by atoms with Gasteiger partial charge in [-0.05, 0) is 80.2 Å². The first-order valence-electron chi connectivity index (χ1n) is 11.1. The van der Waals surface area contributed by atoms with E-state index in [1.165, 1.54) is 11.3 Å². The highest BCUT2D eigenvalue weighted by molar-refractivity contribution is 6.30. The van der Waals surface area contributed by atoms with Crippen LogP contribution < -0.4 is 4.90 Å². The van der Waals surface area contributed by atoms with Gasteiger partial charge in [0.25, 0.3) is 0 Å².